The lowest BCUT2D eigenvalue weighted by molar-refractivity contribution is -0.126. The summed E-state index contributed by atoms with van der Waals surface area (Å²) in [4.78, 5) is 14.7. The lowest BCUT2D eigenvalue weighted by atomic mass is 9.94. The Morgan fingerprint density at radius 1 is 1.20 bits per heavy atom. The largest absolute Gasteiger partial charge is 0.355 e. The van der Waals surface area contributed by atoms with Gasteiger partial charge in [0.2, 0.25) is 5.91 Å². The molecule has 20 heavy (non-hydrogen) atoms. The molecular weight excluding hydrogens is 268 g/mol. The summed E-state index contributed by atoms with van der Waals surface area (Å²) < 4.78 is 0. The molecule has 0 aromatic rings. The number of likely N-dealkylation sites (tertiary alicyclic amines) is 1. The molecule has 114 valence electrons. The Morgan fingerprint density at radius 2 is 1.85 bits per heavy atom. The molecule has 0 bridgehead atoms. The van der Waals surface area contributed by atoms with Crippen molar-refractivity contribution in [2.24, 2.45) is 11.3 Å². The van der Waals surface area contributed by atoms with Crippen LogP contribution in [0.25, 0.3) is 0 Å². The molecule has 2 saturated heterocycles. The normalized spacial score (nSPS) is 28.2. The molecule has 3 aliphatic rings. The van der Waals surface area contributed by atoms with Gasteiger partial charge in [0, 0.05) is 18.0 Å². The summed E-state index contributed by atoms with van der Waals surface area (Å²) in [6, 6.07) is 0.845. The van der Waals surface area contributed by atoms with Gasteiger partial charge in [0.15, 0.2) is 0 Å². The standard InChI is InChI=1S/C16H28N2OS/c1-16(6-7-16)15(19)17-12-13-2-8-18(9-3-13)14-4-10-20-11-5-14/h13-14H,2-12H2,1H3,(H,17,19). The van der Waals surface area contributed by atoms with E-state index < -0.39 is 0 Å². The molecule has 3 nitrogen and oxygen atoms in total. The summed E-state index contributed by atoms with van der Waals surface area (Å²) in [5, 5.41) is 3.19. The van der Waals surface area contributed by atoms with E-state index in [0.29, 0.717) is 11.8 Å². The van der Waals surface area contributed by atoms with E-state index in [-0.39, 0.29) is 5.41 Å². The number of nitrogens with one attached hydrogen (secondary N) is 1. The van der Waals surface area contributed by atoms with E-state index >= 15 is 0 Å². The van der Waals surface area contributed by atoms with E-state index in [4.69, 9.17) is 0 Å². The van der Waals surface area contributed by atoms with Crippen LogP contribution in [0.1, 0.15) is 45.4 Å². The minimum absolute atomic E-state index is 0.0134. The van der Waals surface area contributed by atoms with Crippen molar-refractivity contribution in [3.8, 4) is 0 Å². The Hall–Kier alpha value is -0.220. The number of carbonyl (C=O) groups excluding carboxylic acids is 1. The highest BCUT2D eigenvalue weighted by Gasteiger charge is 2.44. The van der Waals surface area contributed by atoms with Crippen LogP contribution in [0.3, 0.4) is 0 Å². The number of nitrogens with zero attached hydrogens (tertiary/aromatic N) is 1. The molecule has 0 aromatic carbocycles. The molecule has 0 aromatic heterocycles. The fourth-order valence-corrected chi connectivity index (χ4v) is 4.52. The molecule has 1 N–H and O–H groups in total. The van der Waals surface area contributed by atoms with Gasteiger partial charge in [-0.3, -0.25) is 4.79 Å². The van der Waals surface area contributed by atoms with Gasteiger partial charge in [0.25, 0.3) is 0 Å². The Kier molecular flexibility index (Phi) is 4.61. The predicted molar refractivity (Wildman–Crippen MR) is 85.0 cm³/mol. The van der Waals surface area contributed by atoms with Crippen molar-refractivity contribution in [1.29, 1.82) is 0 Å². The molecular formula is C16H28N2OS. The van der Waals surface area contributed by atoms with Gasteiger partial charge in [-0.15, -0.1) is 0 Å². The van der Waals surface area contributed by atoms with Gasteiger partial charge in [-0.05, 0) is 69.0 Å². The van der Waals surface area contributed by atoms with Crippen LogP contribution in [-0.4, -0.2) is 48.0 Å². The molecule has 0 radical (unpaired) electrons. The maximum atomic E-state index is 12.0. The third-order valence-electron chi connectivity index (χ3n) is 5.46. The summed E-state index contributed by atoms with van der Waals surface area (Å²) in [5.41, 5.74) is -0.0134. The van der Waals surface area contributed by atoms with Gasteiger partial charge in [-0.25, -0.2) is 0 Å². The second-order valence-corrected chi connectivity index (χ2v) is 8.32. The summed E-state index contributed by atoms with van der Waals surface area (Å²) in [7, 11) is 0. The SMILES string of the molecule is CC1(C(=O)NCC2CCN(C3CCSCC3)CC2)CC1. The fraction of sp³-hybridized carbons (Fsp3) is 0.938. The Bertz CT molecular complexity index is 342. The molecule has 4 heteroatoms. The first-order valence-corrected chi connectivity index (χ1v) is 9.43. The minimum atomic E-state index is -0.0134. The van der Waals surface area contributed by atoms with Crippen LogP contribution in [-0.2, 0) is 4.79 Å². The van der Waals surface area contributed by atoms with Gasteiger partial charge >= 0.3 is 0 Å². The van der Waals surface area contributed by atoms with Crippen LogP contribution < -0.4 is 5.32 Å². The van der Waals surface area contributed by atoms with Crippen molar-refractivity contribution in [3.05, 3.63) is 0 Å². The van der Waals surface area contributed by atoms with Crippen molar-refractivity contribution < 1.29 is 4.79 Å². The first-order valence-electron chi connectivity index (χ1n) is 8.27. The summed E-state index contributed by atoms with van der Waals surface area (Å²) in [6.07, 6.45) is 7.45. The Labute approximate surface area is 127 Å². The molecule has 2 aliphatic heterocycles. The van der Waals surface area contributed by atoms with E-state index in [2.05, 4.69) is 28.9 Å². The highest BCUT2D eigenvalue weighted by molar-refractivity contribution is 7.99. The highest BCUT2D eigenvalue weighted by atomic mass is 32.2. The minimum Gasteiger partial charge on any atom is -0.355 e. The number of amides is 1. The van der Waals surface area contributed by atoms with Crippen molar-refractivity contribution >= 4 is 17.7 Å². The summed E-state index contributed by atoms with van der Waals surface area (Å²) >= 11 is 2.11. The topological polar surface area (TPSA) is 32.3 Å². The molecule has 0 atom stereocenters. The van der Waals surface area contributed by atoms with E-state index in [1.807, 2.05) is 0 Å². The van der Waals surface area contributed by atoms with Crippen molar-refractivity contribution in [2.75, 3.05) is 31.1 Å². The van der Waals surface area contributed by atoms with Crippen LogP contribution in [0, 0.1) is 11.3 Å². The summed E-state index contributed by atoms with van der Waals surface area (Å²) in [6.45, 7) is 5.48. The Balaban J connectivity index is 1.36. The van der Waals surface area contributed by atoms with Crippen LogP contribution in [0.5, 0.6) is 0 Å². The number of hydrogen-bond donors (Lipinski definition) is 1. The smallest absolute Gasteiger partial charge is 0.225 e. The lowest BCUT2D eigenvalue weighted by Crippen LogP contribution is -2.45. The summed E-state index contributed by atoms with van der Waals surface area (Å²) in [5.74, 6) is 3.69. The molecule has 3 rings (SSSR count). The molecule has 1 amide bonds. The second kappa shape index (κ2) is 6.27. The van der Waals surface area contributed by atoms with Crippen LogP contribution >= 0.6 is 11.8 Å². The quantitative estimate of drug-likeness (QED) is 0.865. The lowest BCUT2D eigenvalue weighted by Gasteiger charge is -2.39. The average molecular weight is 296 g/mol. The van der Waals surface area contributed by atoms with Crippen molar-refractivity contribution in [3.63, 3.8) is 0 Å². The maximum absolute atomic E-state index is 12.0. The van der Waals surface area contributed by atoms with Gasteiger partial charge in [0.1, 0.15) is 0 Å². The zero-order chi connectivity index (χ0) is 14.0. The zero-order valence-corrected chi connectivity index (χ0v) is 13.5. The predicted octanol–water partition coefficient (Wildman–Crippen LogP) is 2.51. The molecule has 0 spiro atoms. The molecule has 2 heterocycles. The third-order valence-corrected chi connectivity index (χ3v) is 6.50. The van der Waals surface area contributed by atoms with Crippen molar-refractivity contribution in [1.82, 2.24) is 10.2 Å². The van der Waals surface area contributed by atoms with Gasteiger partial charge in [-0.1, -0.05) is 6.92 Å². The number of rotatable bonds is 4. The van der Waals surface area contributed by atoms with E-state index in [9.17, 15) is 4.79 Å². The van der Waals surface area contributed by atoms with Gasteiger partial charge in [0.05, 0.1) is 0 Å². The first kappa shape index (κ1) is 14.7. The average Bonchev–Trinajstić information content (AvgIpc) is 3.25. The molecule has 0 unspecified atom stereocenters. The van der Waals surface area contributed by atoms with Crippen LogP contribution in [0.2, 0.25) is 0 Å². The third kappa shape index (κ3) is 3.51. The van der Waals surface area contributed by atoms with Gasteiger partial charge < -0.3 is 10.2 Å². The molecule has 1 aliphatic carbocycles. The van der Waals surface area contributed by atoms with E-state index in [1.165, 1.54) is 50.3 Å². The highest BCUT2D eigenvalue weighted by Crippen LogP contribution is 2.45. The number of carbonyl (C=O) groups is 1. The van der Waals surface area contributed by atoms with E-state index in [0.717, 1.165) is 25.4 Å². The second-order valence-electron chi connectivity index (χ2n) is 7.09. The maximum Gasteiger partial charge on any atom is 0.225 e. The Morgan fingerprint density at radius 3 is 2.45 bits per heavy atom. The molecule has 1 saturated carbocycles. The van der Waals surface area contributed by atoms with Crippen LogP contribution in [0.15, 0.2) is 0 Å². The number of thioether (sulfide) groups is 1. The van der Waals surface area contributed by atoms with Gasteiger partial charge in [-0.2, -0.15) is 11.8 Å². The zero-order valence-electron chi connectivity index (χ0n) is 12.7. The molecule has 3 fully saturated rings. The van der Waals surface area contributed by atoms with Crippen molar-refractivity contribution in [2.45, 2.75) is 51.5 Å². The van der Waals surface area contributed by atoms with Crippen LogP contribution in [0.4, 0.5) is 0 Å². The fourth-order valence-electron chi connectivity index (χ4n) is 3.44. The monoisotopic (exact) mass is 296 g/mol. The number of hydrogen-bond acceptors (Lipinski definition) is 3. The number of piperidine rings is 1. The first-order chi connectivity index (χ1) is 9.67. The van der Waals surface area contributed by atoms with E-state index in [1.54, 1.807) is 0 Å².